The lowest BCUT2D eigenvalue weighted by Crippen LogP contribution is -2.94. The van der Waals surface area contributed by atoms with Gasteiger partial charge in [0.25, 0.3) is 5.91 Å². The first-order chi connectivity index (χ1) is 12.5. The Labute approximate surface area is 161 Å². The van der Waals surface area contributed by atoms with E-state index in [4.69, 9.17) is 16.3 Å². The molecule has 1 aromatic carbocycles. The molecule has 0 saturated heterocycles. The zero-order valence-corrected chi connectivity index (χ0v) is 16.5. The lowest BCUT2D eigenvalue weighted by Gasteiger charge is -2.56. The highest BCUT2D eigenvalue weighted by Gasteiger charge is 2.51. The number of hydrogen-bond donors (Lipinski definition) is 2. The molecule has 4 aliphatic carbocycles. The quantitative estimate of drug-likeness (QED) is 0.797. The second kappa shape index (κ2) is 7.05. The van der Waals surface area contributed by atoms with Crippen molar-refractivity contribution >= 4 is 23.2 Å². The van der Waals surface area contributed by atoms with Crippen molar-refractivity contribution in [2.75, 3.05) is 19.0 Å². The van der Waals surface area contributed by atoms with Crippen LogP contribution in [-0.2, 0) is 4.79 Å². The summed E-state index contributed by atoms with van der Waals surface area (Å²) in [6.45, 7) is 3.07. The van der Waals surface area contributed by atoms with Crippen molar-refractivity contribution in [3.05, 3.63) is 23.2 Å². The molecular formula is C21H30ClN2O2+. The van der Waals surface area contributed by atoms with Crippen LogP contribution in [0.3, 0.4) is 0 Å². The standard InChI is InChI=1S/C21H29ClN2O2/c1-13(20(25)24-18-8-17(22)3-4-19(18)26-2)23-12-21-9-14-5-15(10-21)7-16(6-14)11-21/h3-4,8,13-16,23H,5-7,9-12H2,1-2H3,(H,24,25)/p+1/t13-,14?,15?,16?,21?/m1/s1. The second-order valence-electron chi connectivity index (χ2n) is 8.98. The van der Waals surface area contributed by atoms with E-state index in [-0.39, 0.29) is 11.9 Å². The molecule has 1 aromatic rings. The number of rotatable bonds is 6. The number of ether oxygens (including phenoxy) is 1. The predicted octanol–water partition coefficient (Wildman–Crippen LogP) is 3.46. The van der Waals surface area contributed by atoms with Crippen LogP contribution in [0.15, 0.2) is 18.2 Å². The van der Waals surface area contributed by atoms with Crippen LogP contribution in [0.25, 0.3) is 0 Å². The minimum absolute atomic E-state index is 0.00953. The van der Waals surface area contributed by atoms with E-state index in [0.29, 0.717) is 21.9 Å². The Morgan fingerprint density at radius 2 is 1.88 bits per heavy atom. The number of hydrogen-bond acceptors (Lipinski definition) is 2. The highest BCUT2D eigenvalue weighted by molar-refractivity contribution is 6.31. The van der Waals surface area contributed by atoms with Gasteiger partial charge in [0.05, 0.1) is 19.3 Å². The minimum Gasteiger partial charge on any atom is -0.495 e. The summed E-state index contributed by atoms with van der Waals surface area (Å²) in [6, 6.07) is 5.16. The molecule has 4 aliphatic rings. The average molecular weight is 378 g/mol. The number of nitrogens with one attached hydrogen (secondary N) is 1. The molecule has 26 heavy (non-hydrogen) atoms. The first-order valence-corrected chi connectivity index (χ1v) is 10.3. The molecule has 0 radical (unpaired) electrons. The molecule has 0 aromatic heterocycles. The van der Waals surface area contributed by atoms with Gasteiger partial charge in [-0.3, -0.25) is 4.79 Å². The Hall–Kier alpha value is -1.26. The number of nitrogens with two attached hydrogens (primary N) is 1. The third-order valence-corrected chi connectivity index (χ3v) is 7.14. The van der Waals surface area contributed by atoms with Crippen LogP contribution >= 0.6 is 11.6 Å². The molecule has 0 spiro atoms. The third kappa shape index (κ3) is 3.59. The van der Waals surface area contributed by atoms with E-state index in [2.05, 4.69) is 10.6 Å². The smallest absolute Gasteiger partial charge is 0.282 e. The van der Waals surface area contributed by atoms with Crippen molar-refractivity contribution in [3.63, 3.8) is 0 Å². The van der Waals surface area contributed by atoms with Crippen LogP contribution < -0.4 is 15.4 Å². The number of benzene rings is 1. The highest BCUT2D eigenvalue weighted by atomic mass is 35.5. The Morgan fingerprint density at radius 1 is 1.27 bits per heavy atom. The summed E-state index contributed by atoms with van der Waals surface area (Å²) in [5.41, 5.74) is 1.12. The maximum atomic E-state index is 12.7. The highest BCUT2D eigenvalue weighted by Crippen LogP contribution is 2.59. The monoisotopic (exact) mass is 377 g/mol. The van der Waals surface area contributed by atoms with Gasteiger partial charge in [0.15, 0.2) is 6.04 Å². The molecule has 3 N–H and O–H groups in total. The summed E-state index contributed by atoms with van der Waals surface area (Å²) in [4.78, 5) is 12.7. The van der Waals surface area contributed by atoms with Gasteiger partial charge in [-0.15, -0.1) is 0 Å². The molecule has 5 heteroatoms. The summed E-state index contributed by atoms with van der Waals surface area (Å²) >= 11 is 6.06. The van der Waals surface area contributed by atoms with Gasteiger partial charge in [0.2, 0.25) is 0 Å². The molecular weight excluding hydrogens is 348 g/mol. The van der Waals surface area contributed by atoms with E-state index in [0.717, 1.165) is 24.3 Å². The zero-order chi connectivity index (χ0) is 18.3. The average Bonchev–Trinajstić information content (AvgIpc) is 2.59. The predicted molar refractivity (Wildman–Crippen MR) is 103 cm³/mol. The Morgan fingerprint density at radius 3 is 2.46 bits per heavy atom. The fourth-order valence-corrected chi connectivity index (χ4v) is 6.27. The van der Waals surface area contributed by atoms with Crippen molar-refractivity contribution in [1.82, 2.24) is 0 Å². The molecule has 4 bridgehead atoms. The maximum absolute atomic E-state index is 12.7. The number of anilines is 1. The lowest BCUT2D eigenvalue weighted by atomic mass is 9.49. The van der Waals surface area contributed by atoms with Crippen LogP contribution in [-0.4, -0.2) is 25.6 Å². The Balaban J connectivity index is 1.36. The Bertz CT molecular complexity index is 655. The van der Waals surface area contributed by atoms with E-state index < -0.39 is 0 Å². The minimum atomic E-state index is -0.119. The topological polar surface area (TPSA) is 54.9 Å². The van der Waals surface area contributed by atoms with Gasteiger partial charge >= 0.3 is 0 Å². The lowest BCUT2D eigenvalue weighted by molar-refractivity contribution is -0.686. The zero-order valence-electron chi connectivity index (χ0n) is 15.8. The molecule has 4 saturated carbocycles. The number of carbonyl (C=O) groups is 1. The van der Waals surface area contributed by atoms with Crippen LogP contribution in [0.4, 0.5) is 5.69 Å². The van der Waals surface area contributed by atoms with E-state index >= 15 is 0 Å². The molecule has 4 fully saturated rings. The van der Waals surface area contributed by atoms with Gasteiger partial charge in [-0.25, -0.2) is 0 Å². The van der Waals surface area contributed by atoms with Crippen molar-refractivity contribution in [2.45, 2.75) is 51.5 Å². The number of quaternary nitrogens is 1. The SMILES string of the molecule is COc1ccc(Cl)cc1NC(=O)[C@@H](C)[NH2+]CC12CC3CC(CC(C3)C1)C2. The summed E-state index contributed by atoms with van der Waals surface area (Å²) in [5, 5.41) is 5.82. The summed E-state index contributed by atoms with van der Waals surface area (Å²) in [5.74, 6) is 3.50. The number of halogens is 1. The van der Waals surface area contributed by atoms with E-state index in [1.807, 2.05) is 6.92 Å². The summed E-state index contributed by atoms with van der Waals surface area (Å²) < 4.78 is 5.32. The van der Waals surface area contributed by atoms with Gasteiger partial charge in [0.1, 0.15) is 5.75 Å². The first-order valence-electron chi connectivity index (χ1n) is 9.94. The van der Waals surface area contributed by atoms with Crippen molar-refractivity contribution in [3.8, 4) is 5.75 Å². The summed E-state index contributed by atoms with van der Waals surface area (Å²) in [7, 11) is 1.60. The molecule has 4 nitrogen and oxygen atoms in total. The third-order valence-electron chi connectivity index (χ3n) is 6.90. The van der Waals surface area contributed by atoms with E-state index in [1.165, 1.54) is 38.5 Å². The van der Waals surface area contributed by atoms with Crippen LogP contribution in [0.5, 0.6) is 5.75 Å². The van der Waals surface area contributed by atoms with Crippen molar-refractivity contribution in [2.24, 2.45) is 23.2 Å². The van der Waals surface area contributed by atoms with Gasteiger partial charge in [-0.2, -0.15) is 0 Å². The molecule has 0 aliphatic heterocycles. The van der Waals surface area contributed by atoms with E-state index in [1.54, 1.807) is 25.3 Å². The van der Waals surface area contributed by atoms with Gasteiger partial charge in [-0.1, -0.05) is 11.6 Å². The number of methoxy groups -OCH3 is 1. The van der Waals surface area contributed by atoms with Crippen LogP contribution in [0.2, 0.25) is 5.02 Å². The molecule has 0 unspecified atom stereocenters. The largest absolute Gasteiger partial charge is 0.495 e. The number of amides is 1. The summed E-state index contributed by atoms with van der Waals surface area (Å²) in [6.07, 6.45) is 8.53. The first kappa shape index (κ1) is 18.1. The Kier molecular flexibility index (Phi) is 4.91. The fourth-order valence-electron chi connectivity index (χ4n) is 6.10. The number of carbonyl (C=O) groups excluding carboxylic acids is 1. The van der Waals surface area contributed by atoms with Gasteiger partial charge < -0.3 is 15.4 Å². The van der Waals surface area contributed by atoms with E-state index in [9.17, 15) is 4.79 Å². The maximum Gasteiger partial charge on any atom is 0.282 e. The van der Waals surface area contributed by atoms with Crippen molar-refractivity contribution < 1.29 is 14.8 Å². The molecule has 1 atom stereocenters. The normalized spacial score (nSPS) is 33.1. The fraction of sp³-hybridized carbons (Fsp3) is 0.667. The van der Waals surface area contributed by atoms with Gasteiger partial charge in [0, 0.05) is 10.4 Å². The molecule has 142 valence electrons. The molecule has 1 amide bonds. The van der Waals surface area contributed by atoms with Crippen molar-refractivity contribution in [1.29, 1.82) is 0 Å². The van der Waals surface area contributed by atoms with Crippen LogP contribution in [0.1, 0.15) is 45.4 Å². The second-order valence-corrected chi connectivity index (χ2v) is 9.42. The molecule has 0 heterocycles. The van der Waals surface area contributed by atoms with Crippen LogP contribution in [0, 0.1) is 23.2 Å². The molecule has 5 rings (SSSR count). The van der Waals surface area contributed by atoms with Gasteiger partial charge in [-0.05, 0) is 81.4 Å².